The Hall–Kier alpha value is -3.02. The SMILES string of the molecule is CC(OC(=O)Nc1cccc(Oc2ccccc2)c1)C1=NC(C)(C)CO1. The summed E-state index contributed by atoms with van der Waals surface area (Å²) in [6.45, 7) is 6.14. The van der Waals surface area contributed by atoms with Crippen molar-refractivity contribution in [2.75, 3.05) is 11.9 Å². The minimum absolute atomic E-state index is 0.285. The number of ether oxygens (including phenoxy) is 3. The smallest absolute Gasteiger partial charge is 0.412 e. The Balaban J connectivity index is 1.58. The van der Waals surface area contributed by atoms with Gasteiger partial charge in [-0.15, -0.1) is 0 Å². The van der Waals surface area contributed by atoms with E-state index in [1.165, 1.54) is 0 Å². The monoisotopic (exact) mass is 354 g/mol. The lowest BCUT2D eigenvalue weighted by Gasteiger charge is -2.14. The Morgan fingerprint density at radius 3 is 2.58 bits per heavy atom. The van der Waals surface area contributed by atoms with Crippen LogP contribution in [0.2, 0.25) is 0 Å². The summed E-state index contributed by atoms with van der Waals surface area (Å²) in [6.07, 6.45) is -1.13. The summed E-state index contributed by atoms with van der Waals surface area (Å²) in [6, 6.07) is 16.5. The van der Waals surface area contributed by atoms with Crippen LogP contribution in [0.1, 0.15) is 20.8 Å². The van der Waals surface area contributed by atoms with E-state index in [0.717, 1.165) is 5.75 Å². The number of carbonyl (C=O) groups excluding carboxylic acids is 1. The van der Waals surface area contributed by atoms with Crippen LogP contribution in [0.4, 0.5) is 10.5 Å². The Kier molecular flexibility index (Phi) is 5.11. The molecule has 1 aliphatic heterocycles. The van der Waals surface area contributed by atoms with Crippen LogP contribution in [-0.4, -0.2) is 30.2 Å². The molecular formula is C20H22N2O4. The number of hydrogen-bond acceptors (Lipinski definition) is 5. The molecule has 0 bridgehead atoms. The molecular weight excluding hydrogens is 332 g/mol. The average molecular weight is 354 g/mol. The minimum Gasteiger partial charge on any atom is -0.476 e. The van der Waals surface area contributed by atoms with Crippen LogP contribution in [0.3, 0.4) is 0 Å². The molecule has 2 aromatic carbocycles. The van der Waals surface area contributed by atoms with Crippen LogP contribution >= 0.6 is 0 Å². The lowest BCUT2D eigenvalue weighted by molar-refractivity contribution is 0.135. The molecule has 1 unspecified atom stereocenters. The van der Waals surface area contributed by atoms with Gasteiger partial charge in [0.25, 0.3) is 0 Å². The van der Waals surface area contributed by atoms with Crippen LogP contribution in [0, 0.1) is 0 Å². The predicted octanol–water partition coefficient (Wildman–Crippen LogP) is 4.62. The standard InChI is InChI=1S/C20H22N2O4/c1-14(18-22-20(2,3)13-24-18)25-19(23)21-15-8-7-11-17(12-15)26-16-9-5-4-6-10-16/h4-12,14H,13H2,1-3H3,(H,21,23). The number of amides is 1. The summed E-state index contributed by atoms with van der Waals surface area (Å²) in [4.78, 5) is 16.5. The van der Waals surface area contributed by atoms with E-state index in [0.29, 0.717) is 23.9 Å². The fourth-order valence-corrected chi connectivity index (χ4v) is 2.44. The molecule has 0 spiro atoms. The van der Waals surface area contributed by atoms with Gasteiger partial charge in [0.2, 0.25) is 5.90 Å². The first-order chi connectivity index (χ1) is 12.4. The molecule has 1 aliphatic rings. The quantitative estimate of drug-likeness (QED) is 0.850. The lowest BCUT2D eigenvalue weighted by atomic mass is 10.1. The molecule has 3 rings (SSSR count). The third-order valence-corrected chi connectivity index (χ3v) is 3.68. The molecule has 0 radical (unpaired) electrons. The number of benzene rings is 2. The van der Waals surface area contributed by atoms with Crippen LogP contribution in [-0.2, 0) is 9.47 Å². The molecule has 1 amide bonds. The van der Waals surface area contributed by atoms with Gasteiger partial charge in [-0.2, -0.15) is 0 Å². The molecule has 0 aromatic heterocycles. The zero-order valence-electron chi connectivity index (χ0n) is 15.1. The van der Waals surface area contributed by atoms with E-state index in [9.17, 15) is 4.79 Å². The molecule has 0 aliphatic carbocycles. The van der Waals surface area contributed by atoms with E-state index < -0.39 is 12.2 Å². The van der Waals surface area contributed by atoms with Gasteiger partial charge in [0.15, 0.2) is 6.10 Å². The number of anilines is 1. The van der Waals surface area contributed by atoms with Gasteiger partial charge in [-0.05, 0) is 45.0 Å². The highest BCUT2D eigenvalue weighted by molar-refractivity contribution is 5.89. The van der Waals surface area contributed by atoms with Crippen molar-refractivity contribution in [3.63, 3.8) is 0 Å². The zero-order valence-corrected chi connectivity index (χ0v) is 15.1. The first-order valence-electron chi connectivity index (χ1n) is 8.44. The van der Waals surface area contributed by atoms with E-state index in [1.807, 2.05) is 50.2 Å². The Labute approximate surface area is 152 Å². The maximum atomic E-state index is 12.1. The highest BCUT2D eigenvalue weighted by Gasteiger charge is 2.30. The summed E-state index contributed by atoms with van der Waals surface area (Å²) in [5.41, 5.74) is 0.289. The third kappa shape index (κ3) is 4.75. The van der Waals surface area contributed by atoms with Gasteiger partial charge in [-0.25, -0.2) is 9.79 Å². The maximum absolute atomic E-state index is 12.1. The average Bonchev–Trinajstić information content (AvgIpc) is 2.96. The largest absolute Gasteiger partial charge is 0.476 e. The molecule has 0 saturated heterocycles. The summed E-state index contributed by atoms with van der Waals surface area (Å²) in [7, 11) is 0. The highest BCUT2D eigenvalue weighted by Crippen LogP contribution is 2.24. The van der Waals surface area contributed by atoms with Crippen LogP contribution < -0.4 is 10.1 Å². The van der Waals surface area contributed by atoms with Crippen molar-refractivity contribution in [1.82, 2.24) is 0 Å². The summed E-state index contributed by atoms with van der Waals surface area (Å²) >= 11 is 0. The zero-order chi connectivity index (χ0) is 18.6. The number of hydrogen-bond donors (Lipinski definition) is 1. The van der Waals surface area contributed by atoms with Crippen molar-refractivity contribution >= 4 is 17.7 Å². The normalized spacial score (nSPS) is 16.2. The first-order valence-corrected chi connectivity index (χ1v) is 8.44. The second-order valence-electron chi connectivity index (χ2n) is 6.67. The van der Waals surface area contributed by atoms with Crippen LogP contribution in [0.5, 0.6) is 11.5 Å². The molecule has 0 saturated carbocycles. The van der Waals surface area contributed by atoms with Crippen molar-refractivity contribution < 1.29 is 19.0 Å². The number of aliphatic imine (C=N–C) groups is 1. The number of nitrogens with one attached hydrogen (secondary N) is 1. The van der Waals surface area contributed by atoms with Crippen molar-refractivity contribution in [3.8, 4) is 11.5 Å². The van der Waals surface area contributed by atoms with E-state index in [4.69, 9.17) is 14.2 Å². The Morgan fingerprint density at radius 2 is 1.88 bits per heavy atom. The fourth-order valence-electron chi connectivity index (χ4n) is 2.44. The molecule has 1 heterocycles. The predicted molar refractivity (Wildman–Crippen MR) is 100.0 cm³/mol. The van der Waals surface area contributed by atoms with Gasteiger partial charge in [0, 0.05) is 11.8 Å². The number of para-hydroxylation sites is 1. The van der Waals surface area contributed by atoms with Crippen LogP contribution in [0.25, 0.3) is 0 Å². The fraction of sp³-hybridized carbons (Fsp3) is 0.300. The lowest BCUT2D eigenvalue weighted by Crippen LogP contribution is -2.27. The van der Waals surface area contributed by atoms with E-state index in [-0.39, 0.29) is 5.54 Å². The molecule has 1 N–H and O–H groups in total. The van der Waals surface area contributed by atoms with Gasteiger partial charge in [-0.1, -0.05) is 24.3 Å². The van der Waals surface area contributed by atoms with Gasteiger partial charge >= 0.3 is 6.09 Å². The molecule has 136 valence electrons. The molecule has 0 fully saturated rings. The first kappa shape index (κ1) is 17.8. The molecule has 1 atom stereocenters. The van der Waals surface area contributed by atoms with Crippen molar-refractivity contribution in [2.45, 2.75) is 32.4 Å². The summed E-state index contributed by atoms with van der Waals surface area (Å²) in [5.74, 6) is 1.78. The third-order valence-electron chi connectivity index (χ3n) is 3.68. The highest BCUT2D eigenvalue weighted by atomic mass is 16.6. The van der Waals surface area contributed by atoms with E-state index in [2.05, 4.69) is 10.3 Å². The van der Waals surface area contributed by atoms with Gasteiger partial charge in [0.1, 0.15) is 18.1 Å². The van der Waals surface area contributed by atoms with Gasteiger partial charge in [0.05, 0.1) is 5.54 Å². The molecule has 6 nitrogen and oxygen atoms in total. The molecule has 26 heavy (non-hydrogen) atoms. The minimum atomic E-state index is -0.578. The van der Waals surface area contributed by atoms with Crippen LogP contribution in [0.15, 0.2) is 59.6 Å². The summed E-state index contributed by atoms with van der Waals surface area (Å²) in [5, 5.41) is 2.69. The van der Waals surface area contributed by atoms with Gasteiger partial charge in [-0.3, -0.25) is 5.32 Å². The molecule has 2 aromatic rings. The van der Waals surface area contributed by atoms with Crippen molar-refractivity contribution in [1.29, 1.82) is 0 Å². The number of rotatable bonds is 5. The second kappa shape index (κ2) is 7.47. The second-order valence-corrected chi connectivity index (χ2v) is 6.67. The Bertz CT molecular complexity index is 802. The van der Waals surface area contributed by atoms with Gasteiger partial charge < -0.3 is 14.2 Å². The topological polar surface area (TPSA) is 69.2 Å². The van der Waals surface area contributed by atoms with Crippen molar-refractivity contribution in [3.05, 3.63) is 54.6 Å². The summed E-state index contributed by atoms with van der Waals surface area (Å²) < 4.78 is 16.6. The number of nitrogens with zero attached hydrogens (tertiary/aromatic N) is 1. The molecule has 6 heteroatoms. The maximum Gasteiger partial charge on any atom is 0.412 e. The number of carbonyl (C=O) groups is 1. The van der Waals surface area contributed by atoms with E-state index >= 15 is 0 Å². The van der Waals surface area contributed by atoms with E-state index in [1.54, 1.807) is 25.1 Å². The van der Waals surface area contributed by atoms with Crippen molar-refractivity contribution in [2.24, 2.45) is 4.99 Å². The Morgan fingerprint density at radius 1 is 1.15 bits per heavy atom.